The number of hydrogen-bond acceptors (Lipinski definition) is 4. The number of carbonyl (C=O) groups is 2. The molecule has 186 valence electrons. The summed E-state index contributed by atoms with van der Waals surface area (Å²) in [7, 11) is 0. The van der Waals surface area contributed by atoms with Crippen LogP contribution in [0.4, 0.5) is 0 Å². The molecular weight excluding hydrogens is 534 g/mol. The fraction of sp³-hybridized carbons (Fsp3) is 0.172. The Morgan fingerprint density at radius 3 is 2.46 bits per heavy atom. The lowest BCUT2D eigenvalue weighted by Gasteiger charge is -2.22. The number of carbonyl (C=O) groups excluding carboxylic acids is 1. The van der Waals surface area contributed by atoms with Gasteiger partial charge in [-0.05, 0) is 36.2 Å². The highest BCUT2D eigenvalue weighted by atomic mass is 79.9. The number of H-pyrrole nitrogens is 1. The fourth-order valence-electron chi connectivity index (χ4n) is 4.71. The van der Waals surface area contributed by atoms with Crippen LogP contribution in [0.15, 0.2) is 87.2 Å². The van der Waals surface area contributed by atoms with Crippen LogP contribution in [-0.4, -0.2) is 32.7 Å². The van der Waals surface area contributed by atoms with Crippen molar-refractivity contribution in [1.82, 2.24) is 9.99 Å². The van der Waals surface area contributed by atoms with Crippen LogP contribution in [0.1, 0.15) is 42.0 Å². The number of nitrogens with one attached hydrogen (secondary N) is 1. The van der Waals surface area contributed by atoms with Gasteiger partial charge in [0.25, 0.3) is 5.56 Å². The van der Waals surface area contributed by atoms with Crippen molar-refractivity contribution in [1.29, 1.82) is 0 Å². The third-order valence-corrected chi connectivity index (χ3v) is 7.00. The molecule has 3 aromatic carbocycles. The number of benzene rings is 3. The minimum Gasteiger partial charge on any atom is -0.481 e. The minimum absolute atomic E-state index is 0.180. The Morgan fingerprint density at radius 1 is 1.03 bits per heavy atom. The lowest BCUT2D eigenvalue weighted by molar-refractivity contribution is -0.141. The van der Waals surface area contributed by atoms with Crippen molar-refractivity contribution in [2.24, 2.45) is 5.10 Å². The maximum atomic E-state index is 13.5. The van der Waals surface area contributed by atoms with E-state index in [0.717, 1.165) is 32.1 Å². The number of amides is 1. The molecule has 2 N–H and O–H groups in total. The van der Waals surface area contributed by atoms with Gasteiger partial charge >= 0.3 is 5.97 Å². The number of hydrogen-bond donors (Lipinski definition) is 2. The number of carboxylic acid groups (broad SMARTS) is 1. The number of carboxylic acids is 1. The molecular formula is C29H24BrN3O4. The van der Waals surface area contributed by atoms with Gasteiger partial charge in [-0.2, -0.15) is 5.10 Å². The molecule has 1 amide bonds. The molecule has 0 unspecified atom stereocenters. The van der Waals surface area contributed by atoms with E-state index in [-0.39, 0.29) is 18.4 Å². The number of aromatic nitrogens is 1. The van der Waals surface area contributed by atoms with E-state index in [1.54, 1.807) is 0 Å². The summed E-state index contributed by atoms with van der Waals surface area (Å²) in [5.74, 6) is -1.45. The quantitative estimate of drug-likeness (QED) is 0.312. The number of aromatic amines is 1. The van der Waals surface area contributed by atoms with Gasteiger partial charge in [-0.3, -0.25) is 14.4 Å². The van der Waals surface area contributed by atoms with Gasteiger partial charge in [0.15, 0.2) is 0 Å². The molecule has 0 spiro atoms. The van der Waals surface area contributed by atoms with Crippen LogP contribution in [0.25, 0.3) is 22.0 Å². The predicted octanol–water partition coefficient (Wildman–Crippen LogP) is 5.81. The largest absolute Gasteiger partial charge is 0.481 e. The SMILES string of the molecule is Cc1ccc([C@H]2CC(c3c(-c4ccccc4)c4cc(Br)ccc4[nH]c3=O)=NN2C(=O)CCC(=O)O)cc1. The van der Waals surface area contributed by atoms with E-state index in [1.165, 1.54) is 5.01 Å². The van der Waals surface area contributed by atoms with Crippen LogP contribution >= 0.6 is 15.9 Å². The van der Waals surface area contributed by atoms with Crippen LogP contribution in [0.2, 0.25) is 0 Å². The minimum atomic E-state index is -1.05. The number of rotatable bonds is 6. The van der Waals surface area contributed by atoms with Gasteiger partial charge in [0, 0.05) is 33.8 Å². The first-order valence-electron chi connectivity index (χ1n) is 11.9. The number of nitrogens with zero attached hydrogens (tertiary/aromatic N) is 2. The summed E-state index contributed by atoms with van der Waals surface area (Å²) in [4.78, 5) is 40.8. The molecule has 1 atom stereocenters. The van der Waals surface area contributed by atoms with Crippen molar-refractivity contribution < 1.29 is 14.7 Å². The molecule has 8 heteroatoms. The first kappa shape index (κ1) is 24.6. The van der Waals surface area contributed by atoms with Gasteiger partial charge in [-0.25, -0.2) is 5.01 Å². The molecule has 0 saturated heterocycles. The molecule has 1 aromatic heterocycles. The maximum Gasteiger partial charge on any atom is 0.303 e. The Labute approximate surface area is 221 Å². The summed E-state index contributed by atoms with van der Waals surface area (Å²) >= 11 is 3.55. The second-order valence-electron chi connectivity index (χ2n) is 9.07. The maximum absolute atomic E-state index is 13.5. The first-order valence-corrected chi connectivity index (χ1v) is 12.7. The zero-order valence-electron chi connectivity index (χ0n) is 20.1. The molecule has 2 heterocycles. The van der Waals surface area contributed by atoms with E-state index >= 15 is 0 Å². The van der Waals surface area contributed by atoms with Crippen molar-refractivity contribution in [3.63, 3.8) is 0 Å². The normalized spacial score (nSPS) is 15.1. The average molecular weight is 558 g/mol. The van der Waals surface area contributed by atoms with Gasteiger partial charge in [0.1, 0.15) is 0 Å². The third-order valence-electron chi connectivity index (χ3n) is 6.51. The number of aryl methyl sites for hydroxylation is 1. The Bertz CT molecular complexity index is 1590. The van der Waals surface area contributed by atoms with Crippen LogP contribution in [0, 0.1) is 6.92 Å². The van der Waals surface area contributed by atoms with E-state index in [1.807, 2.05) is 79.7 Å². The monoisotopic (exact) mass is 557 g/mol. The third kappa shape index (κ3) is 4.97. The second kappa shape index (κ2) is 10.1. The van der Waals surface area contributed by atoms with Crippen molar-refractivity contribution in [3.8, 4) is 11.1 Å². The number of hydrazone groups is 1. The molecule has 37 heavy (non-hydrogen) atoms. The Kier molecular flexibility index (Phi) is 6.76. The molecule has 0 radical (unpaired) electrons. The van der Waals surface area contributed by atoms with Crippen molar-refractivity contribution in [3.05, 3.63) is 104 Å². The first-order chi connectivity index (χ1) is 17.8. The summed E-state index contributed by atoms with van der Waals surface area (Å²) in [5, 5.41) is 16.0. The standard InChI is InChI=1S/C29H24BrN3O4/c1-17-7-9-18(10-8-17)24-16-23(32-33(24)25(34)13-14-26(35)36)28-27(19-5-3-2-4-6-19)21-15-20(30)11-12-22(21)31-29(28)37/h2-12,15,24H,13-14,16H2,1H3,(H,31,37)(H,35,36)/t24-/m1/s1. The number of aliphatic carboxylic acids is 1. The van der Waals surface area contributed by atoms with E-state index in [4.69, 9.17) is 5.11 Å². The fourth-order valence-corrected chi connectivity index (χ4v) is 5.07. The smallest absolute Gasteiger partial charge is 0.303 e. The molecule has 7 nitrogen and oxygen atoms in total. The van der Waals surface area contributed by atoms with Crippen molar-refractivity contribution in [2.45, 2.75) is 32.2 Å². The molecule has 0 aliphatic carbocycles. The lowest BCUT2D eigenvalue weighted by Crippen LogP contribution is -2.27. The zero-order valence-corrected chi connectivity index (χ0v) is 21.7. The van der Waals surface area contributed by atoms with Gasteiger partial charge in [0.05, 0.1) is 23.7 Å². The van der Waals surface area contributed by atoms with Gasteiger partial charge in [-0.1, -0.05) is 76.1 Å². The highest BCUT2D eigenvalue weighted by molar-refractivity contribution is 9.10. The number of pyridine rings is 1. The van der Waals surface area contributed by atoms with Crippen LogP contribution in [-0.2, 0) is 9.59 Å². The predicted molar refractivity (Wildman–Crippen MR) is 146 cm³/mol. The highest BCUT2D eigenvalue weighted by Crippen LogP contribution is 2.37. The topological polar surface area (TPSA) is 103 Å². The van der Waals surface area contributed by atoms with Gasteiger partial charge in [-0.15, -0.1) is 0 Å². The summed E-state index contributed by atoms with van der Waals surface area (Å²) in [6.45, 7) is 1.98. The molecule has 0 fully saturated rings. The van der Waals surface area contributed by atoms with Crippen molar-refractivity contribution >= 4 is 44.4 Å². The van der Waals surface area contributed by atoms with Crippen LogP contribution in [0.5, 0.6) is 0 Å². The molecule has 1 aliphatic rings. The van der Waals surface area contributed by atoms with E-state index in [2.05, 4.69) is 26.0 Å². The average Bonchev–Trinajstić information content (AvgIpc) is 3.32. The highest BCUT2D eigenvalue weighted by Gasteiger charge is 2.35. The molecule has 0 bridgehead atoms. The molecule has 1 aliphatic heterocycles. The number of halogens is 1. The van der Waals surface area contributed by atoms with E-state index < -0.39 is 17.9 Å². The van der Waals surface area contributed by atoms with E-state index in [0.29, 0.717) is 23.2 Å². The van der Waals surface area contributed by atoms with Crippen LogP contribution in [0.3, 0.4) is 0 Å². The Hall–Kier alpha value is -4.04. The summed E-state index contributed by atoms with van der Waals surface area (Å²) in [6.07, 6.45) is -0.147. The number of fused-ring (bicyclic) bond motifs is 1. The summed E-state index contributed by atoms with van der Waals surface area (Å²) in [5.41, 5.74) is 4.83. The summed E-state index contributed by atoms with van der Waals surface area (Å²) < 4.78 is 0.867. The zero-order chi connectivity index (χ0) is 26.1. The van der Waals surface area contributed by atoms with Crippen molar-refractivity contribution in [2.75, 3.05) is 0 Å². The van der Waals surface area contributed by atoms with E-state index in [9.17, 15) is 14.4 Å². The lowest BCUT2D eigenvalue weighted by atomic mass is 9.91. The van der Waals surface area contributed by atoms with Gasteiger partial charge in [0.2, 0.25) is 5.91 Å². The van der Waals surface area contributed by atoms with Crippen LogP contribution < -0.4 is 5.56 Å². The molecule has 5 rings (SSSR count). The molecule has 0 saturated carbocycles. The summed E-state index contributed by atoms with van der Waals surface area (Å²) in [6, 6.07) is 22.7. The van der Waals surface area contributed by atoms with Gasteiger partial charge < -0.3 is 10.1 Å². The Morgan fingerprint density at radius 2 is 1.76 bits per heavy atom. The molecule has 4 aromatic rings. The second-order valence-corrected chi connectivity index (χ2v) is 9.99. The Balaban J connectivity index is 1.69.